The minimum absolute atomic E-state index is 0.164. The van der Waals surface area contributed by atoms with E-state index in [0.29, 0.717) is 12.6 Å². The first-order chi connectivity index (χ1) is 8.31. The van der Waals surface area contributed by atoms with E-state index in [1.165, 1.54) is 25.7 Å². The molecular formula is C13H21N3O. The minimum Gasteiger partial charge on any atom is -0.375 e. The molecular weight excluding hydrogens is 214 g/mol. The lowest BCUT2D eigenvalue weighted by Gasteiger charge is -2.38. The SMILES string of the molecule is NCc1cnn(C2CCOC3(CCCC3)C2)c1. The van der Waals surface area contributed by atoms with Crippen molar-refractivity contribution in [3.8, 4) is 0 Å². The third kappa shape index (κ3) is 2.11. The van der Waals surface area contributed by atoms with Crippen molar-refractivity contribution >= 4 is 0 Å². The van der Waals surface area contributed by atoms with Crippen molar-refractivity contribution in [3.05, 3.63) is 18.0 Å². The van der Waals surface area contributed by atoms with Gasteiger partial charge in [-0.3, -0.25) is 4.68 Å². The van der Waals surface area contributed by atoms with Gasteiger partial charge in [0.2, 0.25) is 0 Å². The van der Waals surface area contributed by atoms with Crippen molar-refractivity contribution in [2.24, 2.45) is 5.73 Å². The largest absolute Gasteiger partial charge is 0.375 e. The molecule has 2 aliphatic rings. The fourth-order valence-electron chi connectivity index (χ4n) is 3.28. The van der Waals surface area contributed by atoms with Gasteiger partial charge >= 0.3 is 0 Å². The number of aromatic nitrogens is 2. The Labute approximate surface area is 102 Å². The summed E-state index contributed by atoms with van der Waals surface area (Å²) in [5.41, 5.74) is 6.92. The van der Waals surface area contributed by atoms with E-state index in [-0.39, 0.29) is 5.60 Å². The van der Waals surface area contributed by atoms with Gasteiger partial charge in [-0.05, 0) is 25.7 Å². The van der Waals surface area contributed by atoms with Crippen LogP contribution < -0.4 is 5.73 Å². The molecule has 1 spiro atoms. The Bertz CT molecular complexity index is 382. The molecule has 2 heterocycles. The normalized spacial score (nSPS) is 27.7. The van der Waals surface area contributed by atoms with E-state index in [4.69, 9.17) is 10.5 Å². The molecule has 0 radical (unpaired) electrons. The molecule has 4 nitrogen and oxygen atoms in total. The average molecular weight is 235 g/mol. The van der Waals surface area contributed by atoms with E-state index in [9.17, 15) is 0 Å². The molecule has 2 fully saturated rings. The Morgan fingerprint density at radius 2 is 2.29 bits per heavy atom. The summed E-state index contributed by atoms with van der Waals surface area (Å²) < 4.78 is 8.15. The van der Waals surface area contributed by atoms with Crippen LogP contribution in [0, 0.1) is 0 Å². The molecule has 1 aromatic heterocycles. The Morgan fingerprint density at radius 1 is 1.47 bits per heavy atom. The summed E-state index contributed by atoms with van der Waals surface area (Å²) in [7, 11) is 0. The summed E-state index contributed by atoms with van der Waals surface area (Å²) in [6, 6.07) is 0.502. The molecule has 4 heteroatoms. The first-order valence-corrected chi connectivity index (χ1v) is 6.68. The Balaban J connectivity index is 1.74. The van der Waals surface area contributed by atoms with Crippen LogP contribution in [-0.4, -0.2) is 22.0 Å². The van der Waals surface area contributed by atoms with Gasteiger partial charge in [0.1, 0.15) is 0 Å². The highest BCUT2D eigenvalue weighted by atomic mass is 16.5. The van der Waals surface area contributed by atoms with Gasteiger partial charge in [0.05, 0.1) is 17.8 Å². The van der Waals surface area contributed by atoms with Crippen LogP contribution in [0.3, 0.4) is 0 Å². The fourth-order valence-corrected chi connectivity index (χ4v) is 3.28. The van der Waals surface area contributed by atoms with E-state index in [2.05, 4.69) is 16.0 Å². The topological polar surface area (TPSA) is 53.1 Å². The summed E-state index contributed by atoms with van der Waals surface area (Å²) >= 11 is 0. The van der Waals surface area contributed by atoms with Crippen molar-refractivity contribution in [1.29, 1.82) is 0 Å². The third-order valence-electron chi connectivity index (χ3n) is 4.25. The van der Waals surface area contributed by atoms with E-state index in [1.54, 1.807) is 0 Å². The van der Waals surface area contributed by atoms with Crippen molar-refractivity contribution in [2.45, 2.75) is 56.7 Å². The second-order valence-electron chi connectivity index (χ2n) is 5.42. The summed E-state index contributed by atoms with van der Waals surface area (Å²) in [6.07, 6.45) is 11.3. The molecule has 2 N–H and O–H groups in total. The van der Waals surface area contributed by atoms with Gasteiger partial charge in [0, 0.05) is 24.9 Å². The molecule has 0 amide bonds. The molecule has 1 saturated heterocycles. The van der Waals surface area contributed by atoms with E-state index in [0.717, 1.165) is 25.0 Å². The molecule has 0 bridgehead atoms. The van der Waals surface area contributed by atoms with Gasteiger partial charge in [0.25, 0.3) is 0 Å². The zero-order valence-electron chi connectivity index (χ0n) is 10.3. The Hall–Kier alpha value is -0.870. The molecule has 94 valence electrons. The second-order valence-corrected chi connectivity index (χ2v) is 5.42. The minimum atomic E-state index is 0.164. The summed E-state index contributed by atoms with van der Waals surface area (Å²) in [5.74, 6) is 0. The van der Waals surface area contributed by atoms with E-state index < -0.39 is 0 Å². The predicted octanol–water partition coefficient (Wildman–Crippen LogP) is 2.01. The van der Waals surface area contributed by atoms with Crippen molar-refractivity contribution in [2.75, 3.05) is 6.61 Å². The lowest BCUT2D eigenvalue weighted by molar-refractivity contribution is -0.0910. The smallest absolute Gasteiger partial charge is 0.0703 e. The number of rotatable bonds is 2. The van der Waals surface area contributed by atoms with Crippen LogP contribution in [-0.2, 0) is 11.3 Å². The lowest BCUT2D eigenvalue weighted by Crippen LogP contribution is -2.38. The summed E-state index contributed by atoms with van der Waals surface area (Å²) in [5, 5.41) is 4.45. The number of hydrogen-bond acceptors (Lipinski definition) is 3. The molecule has 1 aliphatic heterocycles. The molecule has 1 unspecified atom stereocenters. The van der Waals surface area contributed by atoms with Crippen molar-refractivity contribution in [3.63, 3.8) is 0 Å². The standard InChI is InChI=1S/C13H21N3O/c14-8-11-9-15-16(10-11)12-3-6-17-13(7-12)4-1-2-5-13/h9-10,12H,1-8,14H2. The van der Waals surface area contributed by atoms with Gasteiger partial charge in [-0.1, -0.05) is 12.8 Å². The van der Waals surface area contributed by atoms with Crippen LogP contribution in [0.4, 0.5) is 0 Å². The zero-order chi connectivity index (χ0) is 11.7. The first-order valence-electron chi connectivity index (χ1n) is 6.68. The van der Waals surface area contributed by atoms with Crippen LogP contribution in [0.1, 0.15) is 50.1 Å². The maximum absolute atomic E-state index is 6.05. The zero-order valence-corrected chi connectivity index (χ0v) is 10.3. The van der Waals surface area contributed by atoms with Crippen molar-refractivity contribution < 1.29 is 4.74 Å². The monoisotopic (exact) mass is 235 g/mol. The first kappa shape index (κ1) is 11.2. The predicted molar refractivity (Wildman–Crippen MR) is 65.5 cm³/mol. The van der Waals surface area contributed by atoms with E-state index in [1.807, 2.05) is 6.20 Å². The number of nitrogens with two attached hydrogens (primary N) is 1. The molecule has 3 rings (SSSR count). The number of hydrogen-bond donors (Lipinski definition) is 1. The highest BCUT2D eigenvalue weighted by Crippen LogP contribution is 2.43. The maximum atomic E-state index is 6.05. The Morgan fingerprint density at radius 3 is 3.00 bits per heavy atom. The molecule has 1 atom stereocenters. The third-order valence-corrected chi connectivity index (χ3v) is 4.25. The van der Waals surface area contributed by atoms with Gasteiger partial charge < -0.3 is 10.5 Å². The van der Waals surface area contributed by atoms with Gasteiger partial charge in [0.15, 0.2) is 0 Å². The average Bonchev–Trinajstić information content (AvgIpc) is 2.99. The van der Waals surface area contributed by atoms with Crippen LogP contribution in [0.25, 0.3) is 0 Å². The second kappa shape index (κ2) is 4.42. The highest BCUT2D eigenvalue weighted by Gasteiger charge is 2.40. The lowest BCUT2D eigenvalue weighted by atomic mass is 9.89. The van der Waals surface area contributed by atoms with Gasteiger partial charge in [-0.2, -0.15) is 5.10 Å². The van der Waals surface area contributed by atoms with Crippen LogP contribution >= 0.6 is 0 Å². The van der Waals surface area contributed by atoms with Crippen LogP contribution in [0.15, 0.2) is 12.4 Å². The van der Waals surface area contributed by atoms with E-state index >= 15 is 0 Å². The number of ether oxygens (including phenoxy) is 1. The molecule has 17 heavy (non-hydrogen) atoms. The van der Waals surface area contributed by atoms with Gasteiger partial charge in [-0.15, -0.1) is 0 Å². The molecule has 1 saturated carbocycles. The van der Waals surface area contributed by atoms with Crippen molar-refractivity contribution in [1.82, 2.24) is 9.78 Å². The summed E-state index contributed by atoms with van der Waals surface area (Å²) in [6.45, 7) is 1.46. The summed E-state index contributed by atoms with van der Waals surface area (Å²) in [4.78, 5) is 0. The molecule has 0 aromatic carbocycles. The van der Waals surface area contributed by atoms with Gasteiger partial charge in [-0.25, -0.2) is 0 Å². The highest BCUT2D eigenvalue weighted by molar-refractivity contribution is 5.04. The fraction of sp³-hybridized carbons (Fsp3) is 0.769. The van der Waals surface area contributed by atoms with Crippen LogP contribution in [0.5, 0.6) is 0 Å². The maximum Gasteiger partial charge on any atom is 0.0703 e. The molecule has 1 aromatic rings. The Kier molecular flexibility index (Phi) is 2.92. The van der Waals surface area contributed by atoms with Crippen LogP contribution in [0.2, 0.25) is 0 Å². The number of nitrogens with zero attached hydrogens (tertiary/aromatic N) is 2. The molecule has 1 aliphatic carbocycles. The quantitative estimate of drug-likeness (QED) is 0.853.